The Morgan fingerprint density at radius 1 is 1.14 bits per heavy atom. The molecule has 49 heavy (non-hydrogen) atoms. The van der Waals surface area contributed by atoms with Crippen molar-refractivity contribution < 1.29 is 9.90 Å². The molecule has 5 aromatic rings. The summed E-state index contributed by atoms with van der Waals surface area (Å²) >= 11 is 0. The van der Waals surface area contributed by atoms with Crippen LogP contribution in [0.4, 0.5) is 0 Å². The van der Waals surface area contributed by atoms with Crippen LogP contribution in [0.1, 0.15) is 54.7 Å². The number of nitrogens with one attached hydrogen (secondary N) is 2. The van der Waals surface area contributed by atoms with E-state index >= 15 is 0 Å². The van der Waals surface area contributed by atoms with Crippen LogP contribution in [0.3, 0.4) is 0 Å². The van der Waals surface area contributed by atoms with E-state index in [-0.39, 0.29) is 28.2 Å². The average molecular weight is 659 g/mol. The number of carbonyl (C=O) groups excluding carboxylic acids is 1. The Morgan fingerprint density at radius 2 is 1.96 bits per heavy atom. The van der Waals surface area contributed by atoms with E-state index in [1.165, 1.54) is 11.6 Å². The smallest absolute Gasteiger partial charge is 0.255 e. The summed E-state index contributed by atoms with van der Waals surface area (Å²) in [4.78, 5) is 34.2. The number of aromatic amines is 1. The quantitative estimate of drug-likeness (QED) is 0.186. The molecule has 0 unspecified atom stereocenters. The summed E-state index contributed by atoms with van der Waals surface area (Å²) in [5, 5.41) is 28.4. The number of hydrogen-bond acceptors (Lipinski definition) is 9. The summed E-state index contributed by atoms with van der Waals surface area (Å²) in [7, 11) is 0. The third kappa shape index (κ3) is 6.90. The van der Waals surface area contributed by atoms with Crippen molar-refractivity contribution in [2.45, 2.75) is 57.7 Å². The molecule has 1 aromatic carbocycles. The number of nitrogens with zero attached hydrogens (tertiary/aromatic N) is 8. The van der Waals surface area contributed by atoms with Crippen LogP contribution in [0.5, 0.6) is 5.75 Å². The van der Waals surface area contributed by atoms with Gasteiger partial charge in [-0.2, -0.15) is 10.4 Å². The number of phenolic OH excluding ortho intramolecular Hbond substituents is 1. The van der Waals surface area contributed by atoms with E-state index < -0.39 is 0 Å². The number of piperidine rings is 1. The van der Waals surface area contributed by atoms with E-state index in [4.69, 9.17) is 5.10 Å². The zero-order valence-electron chi connectivity index (χ0n) is 28.0. The second kappa shape index (κ2) is 13.4. The molecule has 0 bridgehead atoms. The highest BCUT2D eigenvalue weighted by molar-refractivity contribution is 5.96. The first-order valence-corrected chi connectivity index (χ1v) is 16.9. The minimum Gasteiger partial charge on any atom is -0.507 e. The van der Waals surface area contributed by atoms with Crippen molar-refractivity contribution in [2.24, 2.45) is 5.41 Å². The summed E-state index contributed by atoms with van der Waals surface area (Å²) in [6.07, 6.45) is 12.5. The third-order valence-electron chi connectivity index (χ3n) is 10.00. The number of phenols is 1. The van der Waals surface area contributed by atoms with Crippen LogP contribution in [0.15, 0.2) is 73.6 Å². The molecule has 0 atom stereocenters. The van der Waals surface area contributed by atoms with Gasteiger partial charge in [0.2, 0.25) is 0 Å². The molecule has 1 amide bonds. The lowest BCUT2D eigenvalue weighted by Crippen LogP contribution is -2.66. The maximum absolute atomic E-state index is 12.6. The summed E-state index contributed by atoms with van der Waals surface area (Å²) < 4.78 is 1.99. The third-order valence-corrected chi connectivity index (χ3v) is 10.00. The van der Waals surface area contributed by atoms with E-state index in [1.807, 2.05) is 35.5 Å². The molecular weight excluding hydrogens is 616 g/mol. The average Bonchev–Trinajstić information content (AvgIpc) is 3.77. The summed E-state index contributed by atoms with van der Waals surface area (Å²) in [6.45, 7) is 9.22. The fourth-order valence-corrected chi connectivity index (χ4v) is 7.32. The monoisotopic (exact) mass is 658 g/mol. The van der Waals surface area contributed by atoms with Crippen LogP contribution in [0.2, 0.25) is 0 Å². The predicted octanol–water partition coefficient (Wildman–Crippen LogP) is 4.51. The second-order valence-electron chi connectivity index (χ2n) is 14.3. The molecule has 6 heterocycles. The van der Waals surface area contributed by atoms with E-state index in [1.54, 1.807) is 24.5 Å². The molecule has 0 spiro atoms. The molecule has 0 aliphatic carbocycles. The number of para-hydroxylation sites is 1. The largest absolute Gasteiger partial charge is 0.507 e. The van der Waals surface area contributed by atoms with Crippen LogP contribution in [0.25, 0.3) is 22.3 Å². The van der Waals surface area contributed by atoms with Gasteiger partial charge in [-0.25, -0.2) is 9.97 Å². The molecule has 0 saturated carbocycles. The lowest BCUT2D eigenvalue weighted by molar-refractivity contribution is -0.0436. The van der Waals surface area contributed by atoms with Crippen molar-refractivity contribution >= 4 is 16.9 Å². The van der Waals surface area contributed by atoms with E-state index in [2.05, 4.69) is 67.1 Å². The Labute approximate surface area is 285 Å². The number of benzene rings is 1. The Bertz CT molecular complexity index is 1980. The minimum atomic E-state index is -0.332. The fraction of sp³-hybridized carbons (Fsp3) is 0.405. The lowest BCUT2D eigenvalue weighted by Gasteiger charge is -2.53. The molecule has 12 heteroatoms. The maximum atomic E-state index is 12.6. The fourth-order valence-electron chi connectivity index (χ4n) is 7.32. The number of likely N-dealkylation sites (tertiary alicyclic amines) is 2. The topological polar surface area (TPSA) is 152 Å². The molecule has 2 fully saturated rings. The number of carbonyl (C=O) groups is 1. The molecule has 2 aliphatic rings. The molecule has 2 saturated heterocycles. The Kier molecular flexibility index (Phi) is 8.88. The zero-order valence-corrected chi connectivity index (χ0v) is 28.0. The number of H-pyrrole nitrogens is 1. The van der Waals surface area contributed by atoms with Crippen LogP contribution in [-0.2, 0) is 18.5 Å². The summed E-state index contributed by atoms with van der Waals surface area (Å²) in [5.41, 5.74) is 4.53. The Hall–Kier alpha value is -5.12. The van der Waals surface area contributed by atoms with E-state index in [9.17, 15) is 15.2 Å². The van der Waals surface area contributed by atoms with Crippen LogP contribution in [0, 0.1) is 16.7 Å². The molecule has 3 N–H and O–H groups in total. The SMILES string of the molecule is CC(C)(CNC(=O)c1ccccc1O)Cc1cc(CN2CCC(N3CC(CC#N)(n4cc(-c5ncnc6[nH]ccc56)cn4)C3)CC2)ccn1. The van der Waals surface area contributed by atoms with Crippen molar-refractivity contribution in [3.05, 3.63) is 90.4 Å². The number of hydrogen-bond donors (Lipinski definition) is 3. The predicted molar refractivity (Wildman–Crippen MR) is 185 cm³/mol. The molecule has 0 radical (unpaired) electrons. The highest BCUT2D eigenvalue weighted by atomic mass is 16.3. The van der Waals surface area contributed by atoms with Gasteiger partial charge in [0.1, 0.15) is 23.3 Å². The van der Waals surface area contributed by atoms with Crippen LogP contribution >= 0.6 is 0 Å². The number of amides is 1. The molecule has 12 nitrogen and oxygen atoms in total. The van der Waals surface area contributed by atoms with Gasteiger partial charge in [0, 0.05) is 67.5 Å². The highest BCUT2D eigenvalue weighted by Crippen LogP contribution is 2.37. The van der Waals surface area contributed by atoms with Gasteiger partial charge >= 0.3 is 0 Å². The van der Waals surface area contributed by atoms with Crippen molar-refractivity contribution in [1.82, 2.24) is 44.8 Å². The molecule has 2 aliphatic heterocycles. The molecule has 252 valence electrons. The lowest BCUT2D eigenvalue weighted by atomic mass is 9.83. The second-order valence-corrected chi connectivity index (χ2v) is 14.3. The number of rotatable bonds is 11. The minimum absolute atomic E-state index is 0.0186. The number of aromatic nitrogens is 6. The van der Waals surface area contributed by atoms with E-state index in [0.29, 0.717) is 19.0 Å². The van der Waals surface area contributed by atoms with Gasteiger partial charge in [-0.3, -0.25) is 24.3 Å². The number of aromatic hydroxyl groups is 1. The number of fused-ring (bicyclic) bond motifs is 1. The Balaban J connectivity index is 0.908. The van der Waals surface area contributed by atoms with Crippen molar-refractivity contribution in [2.75, 3.05) is 32.7 Å². The first-order valence-electron chi connectivity index (χ1n) is 16.9. The number of nitriles is 1. The Morgan fingerprint density at radius 3 is 2.76 bits per heavy atom. The van der Waals surface area contributed by atoms with Gasteiger partial charge in [0.15, 0.2) is 0 Å². The van der Waals surface area contributed by atoms with Crippen molar-refractivity contribution in [1.29, 1.82) is 5.26 Å². The van der Waals surface area contributed by atoms with Gasteiger partial charge in [-0.15, -0.1) is 0 Å². The molecular formula is C37H42N10O2. The van der Waals surface area contributed by atoms with Gasteiger partial charge < -0.3 is 15.4 Å². The molecule has 7 rings (SSSR count). The van der Waals surface area contributed by atoms with E-state index in [0.717, 1.165) is 80.0 Å². The van der Waals surface area contributed by atoms with Gasteiger partial charge in [0.05, 0.1) is 29.9 Å². The van der Waals surface area contributed by atoms with Gasteiger partial charge in [-0.05, 0) is 73.7 Å². The summed E-state index contributed by atoms with van der Waals surface area (Å²) in [6, 6.07) is 15.7. The normalized spacial score (nSPS) is 17.1. The zero-order chi connectivity index (χ0) is 34.0. The summed E-state index contributed by atoms with van der Waals surface area (Å²) in [5.74, 6) is -0.298. The maximum Gasteiger partial charge on any atom is 0.255 e. The number of pyridine rings is 1. The van der Waals surface area contributed by atoms with Gasteiger partial charge in [-0.1, -0.05) is 26.0 Å². The molecule has 4 aromatic heterocycles. The first-order chi connectivity index (χ1) is 23.7. The van der Waals surface area contributed by atoms with Gasteiger partial charge in [0.25, 0.3) is 5.91 Å². The van der Waals surface area contributed by atoms with Crippen molar-refractivity contribution in [3.8, 4) is 23.1 Å². The highest BCUT2D eigenvalue weighted by Gasteiger charge is 2.48. The van der Waals surface area contributed by atoms with Crippen molar-refractivity contribution in [3.63, 3.8) is 0 Å². The van der Waals surface area contributed by atoms with Crippen LogP contribution in [-0.4, -0.2) is 89.3 Å². The van der Waals surface area contributed by atoms with Crippen LogP contribution < -0.4 is 5.32 Å². The first kappa shape index (κ1) is 32.4. The standard InChI is InChI=1S/C37H42N10O2/c1-36(2,22-41-35(49)30-5-3-4-6-32(30)48)18-28-17-26(7-13-39-28)20-45-15-9-29(10-16-45)46-23-37(24-46,11-12-38)47-21-27(19-44-47)33-31-8-14-40-34(31)43-25-42-33/h3-8,13-14,17,19,21,25,29,48H,9-11,15-16,18,20,22-24H2,1-2H3,(H,41,49)(H,40,42,43).